The van der Waals surface area contributed by atoms with Crippen molar-refractivity contribution in [2.45, 2.75) is 63.0 Å². The van der Waals surface area contributed by atoms with Gasteiger partial charge in [-0.1, -0.05) is 121 Å². The van der Waals surface area contributed by atoms with Gasteiger partial charge in [0.1, 0.15) is 18.3 Å². The van der Waals surface area contributed by atoms with Gasteiger partial charge in [0.15, 0.2) is 0 Å². The number of rotatable bonds is 12. The Morgan fingerprint density at radius 3 is 1.31 bits per heavy atom. The van der Waals surface area contributed by atoms with Gasteiger partial charge in [-0.05, 0) is 22.3 Å². The average molecular weight is 566 g/mol. The number of piperidine rings is 1. The van der Waals surface area contributed by atoms with Gasteiger partial charge in [0.2, 0.25) is 0 Å². The maximum absolute atomic E-state index is 11.3. The van der Waals surface area contributed by atoms with Gasteiger partial charge >= 0.3 is 0 Å². The van der Waals surface area contributed by atoms with E-state index in [-0.39, 0.29) is 24.4 Å². The topological polar surface area (TPSA) is 60.4 Å². The van der Waals surface area contributed by atoms with Gasteiger partial charge in [-0.2, -0.15) is 0 Å². The maximum atomic E-state index is 11.3. The third-order valence-corrected chi connectivity index (χ3v) is 8.16. The molecule has 1 N–H and O–H groups in total. The van der Waals surface area contributed by atoms with Crippen LogP contribution in [-0.2, 0) is 45.4 Å². The molecule has 42 heavy (non-hydrogen) atoms. The zero-order valence-corrected chi connectivity index (χ0v) is 23.8. The predicted molar refractivity (Wildman–Crippen MR) is 161 cm³/mol. The lowest BCUT2D eigenvalue weighted by atomic mass is 9.91. The zero-order valence-electron chi connectivity index (χ0n) is 23.8. The molecular weight excluding hydrogens is 526 g/mol. The lowest BCUT2D eigenvalue weighted by Crippen LogP contribution is -2.63. The number of fused-ring (bicyclic) bond motifs is 1. The Morgan fingerprint density at radius 2 is 0.857 bits per heavy atom. The van der Waals surface area contributed by atoms with E-state index in [4.69, 9.17) is 18.9 Å². The van der Waals surface area contributed by atoms with E-state index in [0.29, 0.717) is 39.5 Å². The second kappa shape index (κ2) is 14.2. The third kappa shape index (κ3) is 7.16. The molecule has 2 aliphatic rings. The summed E-state index contributed by atoms with van der Waals surface area (Å²) < 4.78 is 26.5. The van der Waals surface area contributed by atoms with Gasteiger partial charge in [0.05, 0.1) is 44.7 Å². The van der Waals surface area contributed by atoms with Crippen LogP contribution in [0.25, 0.3) is 0 Å². The molecule has 0 amide bonds. The van der Waals surface area contributed by atoms with Gasteiger partial charge in [-0.25, -0.2) is 0 Å². The van der Waals surface area contributed by atoms with Crippen molar-refractivity contribution < 1.29 is 24.1 Å². The molecule has 0 bridgehead atoms. The van der Waals surface area contributed by atoms with Crippen LogP contribution in [0.15, 0.2) is 121 Å². The second-order valence-electron chi connectivity index (χ2n) is 11.1. The summed E-state index contributed by atoms with van der Waals surface area (Å²) in [5, 5.41) is 11.3. The Balaban J connectivity index is 1.28. The second-order valence-corrected chi connectivity index (χ2v) is 11.1. The molecule has 4 aromatic carbocycles. The molecule has 2 fully saturated rings. The molecule has 6 nitrogen and oxygen atoms in total. The third-order valence-electron chi connectivity index (χ3n) is 8.16. The first-order chi connectivity index (χ1) is 20.7. The van der Waals surface area contributed by atoms with Crippen LogP contribution >= 0.6 is 0 Å². The summed E-state index contributed by atoms with van der Waals surface area (Å²) in [6.07, 6.45) is -2.09. The van der Waals surface area contributed by atoms with Gasteiger partial charge in [-0.3, -0.25) is 4.90 Å². The highest BCUT2D eigenvalue weighted by Crippen LogP contribution is 2.36. The van der Waals surface area contributed by atoms with Gasteiger partial charge in [0.25, 0.3) is 0 Å². The van der Waals surface area contributed by atoms with E-state index in [1.54, 1.807) is 0 Å². The minimum atomic E-state index is -0.649. The van der Waals surface area contributed by atoms with Gasteiger partial charge in [-0.15, -0.1) is 0 Å². The smallest absolute Gasteiger partial charge is 0.113 e. The summed E-state index contributed by atoms with van der Waals surface area (Å²) in [5.74, 6) is 0. The molecule has 4 aromatic rings. The van der Waals surface area contributed by atoms with Crippen LogP contribution in [0.5, 0.6) is 0 Å². The minimum Gasteiger partial charge on any atom is -0.389 e. The number of aliphatic hydroxyl groups excluding tert-OH is 1. The van der Waals surface area contributed by atoms with Crippen molar-refractivity contribution in [1.82, 2.24) is 4.90 Å². The summed E-state index contributed by atoms with van der Waals surface area (Å²) in [7, 11) is 0. The van der Waals surface area contributed by atoms with Crippen LogP contribution in [0.1, 0.15) is 22.3 Å². The van der Waals surface area contributed by atoms with E-state index in [9.17, 15) is 5.11 Å². The average Bonchev–Trinajstić information content (AvgIpc) is 3.36. The molecule has 0 radical (unpaired) electrons. The summed E-state index contributed by atoms with van der Waals surface area (Å²) in [4.78, 5) is 2.27. The molecular formula is C36H39NO5. The Kier molecular flexibility index (Phi) is 9.72. The molecule has 0 saturated carbocycles. The molecule has 2 heterocycles. The lowest BCUT2D eigenvalue weighted by Gasteiger charge is -2.47. The fraction of sp³-hybridized carbons (Fsp3) is 0.333. The fourth-order valence-corrected chi connectivity index (χ4v) is 6.06. The summed E-state index contributed by atoms with van der Waals surface area (Å²) in [5.41, 5.74) is 4.35. The highest BCUT2D eigenvalue weighted by Gasteiger charge is 2.55. The normalized spacial score (nSPS) is 25.7. The van der Waals surface area contributed by atoms with Crippen LogP contribution in [-0.4, -0.2) is 59.7 Å². The van der Waals surface area contributed by atoms with Gasteiger partial charge in [0, 0.05) is 13.1 Å². The number of ether oxygens (including phenoxy) is 4. The van der Waals surface area contributed by atoms with Crippen LogP contribution in [0.3, 0.4) is 0 Å². The van der Waals surface area contributed by atoms with Crippen LogP contribution in [0.2, 0.25) is 0 Å². The molecule has 2 aliphatic heterocycles. The molecule has 0 aromatic heterocycles. The minimum absolute atomic E-state index is 0.190. The van der Waals surface area contributed by atoms with Crippen molar-refractivity contribution in [3.05, 3.63) is 144 Å². The van der Waals surface area contributed by atoms with E-state index < -0.39 is 12.2 Å². The van der Waals surface area contributed by atoms with E-state index in [0.717, 1.165) is 22.3 Å². The summed E-state index contributed by atoms with van der Waals surface area (Å²) in [6, 6.07) is 40.5. The molecule has 2 saturated heterocycles. The molecule has 0 aliphatic carbocycles. The van der Waals surface area contributed by atoms with Crippen LogP contribution in [0, 0.1) is 0 Å². The Morgan fingerprint density at radius 1 is 0.476 bits per heavy atom. The predicted octanol–water partition coefficient (Wildman–Crippen LogP) is 5.39. The molecule has 6 heteroatoms. The zero-order chi connectivity index (χ0) is 28.6. The van der Waals surface area contributed by atoms with Crippen LogP contribution < -0.4 is 0 Å². The standard InChI is InChI=1S/C36H39NO5/c38-31-21-37-22-32(39-23-27-13-5-1-6-14-27)35(41-25-29-17-9-3-10-18-29)36(42-26-30-19-11-4-12-20-30)33(37)34(31)40-24-28-15-7-2-8-16-28/h1-20,31-36,38H,21-26H2/t31-,32-,33+,34-,35+,36+/m0/s1. The molecule has 6 atom stereocenters. The number of aliphatic hydroxyl groups is 1. The molecule has 0 spiro atoms. The van der Waals surface area contributed by atoms with Gasteiger partial charge < -0.3 is 24.1 Å². The molecule has 6 rings (SSSR count). The highest BCUT2D eigenvalue weighted by atomic mass is 16.6. The Bertz CT molecular complexity index is 1340. The fourth-order valence-electron chi connectivity index (χ4n) is 6.06. The molecule has 0 unspecified atom stereocenters. The Labute approximate surface area is 248 Å². The highest BCUT2D eigenvalue weighted by molar-refractivity contribution is 5.17. The largest absolute Gasteiger partial charge is 0.389 e. The van der Waals surface area contributed by atoms with Crippen molar-refractivity contribution in [1.29, 1.82) is 0 Å². The SMILES string of the molecule is O[C@H]1CN2C[C@H](OCc3ccccc3)[C@@H](OCc3ccccc3)[C@H](OCc3ccccc3)[C@H]2[C@H]1OCc1ccccc1. The maximum Gasteiger partial charge on any atom is 0.113 e. The summed E-state index contributed by atoms with van der Waals surface area (Å²) >= 11 is 0. The number of benzene rings is 4. The van der Waals surface area contributed by atoms with Crippen molar-refractivity contribution in [3.63, 3.8) is 0 Å². The van der Waals surface area contributed by atoms with E-state index in [1.165, 1.54) is 0 Å². The van der Waals surface area contributed by atoms with Crippen molar-refractivity contribution in [2.24, 2.45) is 0 Å². The van der Waals surface area contributed by atoms with E-state index >= 15 is 0 Å². The lowest BCUT2D eigenvalue weighted by molar-refractivity contribution is -0.210. The van der Waals surface area contributed by atoms with E-state index in [2.05, 4.69) is 41.3 Å². The first-order valence-electron chi connectivity index (χ1n) is 14.8. The van der Waals surface area contributed by atoms with Crippen molar-refractivity contribution >= 4 is 0 Å². The first-order valence-corrected chi connectivity index (χ1v) is 14.8. The monoisotopic (exact) mass is 565 g/mol. The molecule has 218 valence electrons. The number of hydrogen-bond donors (Lipinski definition) is 1. The van der Waals surface area contributed by atoms with Crippen LogP contribution in [0.4, 0.5) is 0 Å². The summed E-state index contributed by atoms with van der Waals surface area (Å²) in [6.45, 7) is 2.86. The number of hydrogen-bond acceptors (Lipinski definition) is 6. The Hall–Kier alpha value is -3.36. The van der Waals surface area contributed by atoms with Crippen molar-refractivity contribution in [3.8, 4) is 0 Å². The van der Waals surface area contributed by atoms with Crippen molar-refractivity contribution in [2.75, 3.05) is 13.1 Å². The quantitative estimate of drug-likeness (QED) is 0.249. The first kappa shape index (κ1) is 28.7. The van der Waals surface area contributed by atoms with E-state index in [1.807, 2.05) is 84.9 Å². The number of nitrogens with zero attached hydrogens (tertiary/aromatic N) is 1.